The summed E-state index contributed by atoms with van der Waals surface area (Å²) in [5.41, 5.74) is 0.472. The Morgan fingerprint density at radius 3 is 2.50 bits per heavy atom. The molecule has 0 saturated heterocycles. The molecule has 2 aromatic rings. The molecule has 2 atom stereocenters. The standard InChI is InChI=1S/C14H19N3O6S/c1-4-12(9(2)23-24(15,20)21)10-6-5-7-11(8-10)17-13(18)16(3)14(19)22-17/h5-9,12H,4H2,1-3H3,(H2,15,20,21). The Morgan fingerprint density at radius 2 is 2.00 bits per heavy atom. The van der Waals surface area contributed by atoms with Gasteiger partial charge in [0.25, 0.3) is 0 Å². The van der Waals surface area contributed by atoms with E-state index in [0.717, 1.165) is 14.9 Å². The molecule has 0 aliphatic heterocycles. The molecule has 0 aliphatic carbocycles. The van der Waals surface area contributed by atoms with Crippen molar-refractivity contribution in [3.05, 3.63) is 50.9 Å². The van der Waals surface area contributed by atoms with E-state index in [-0.39, 0.29) is 5.92 Å². The summed E-state index contributed by atoms with van der Waals surface area (Å²) in [6.07, 6.45) is -0.118. The average molecular weight is 357 g/mol. The highest BCUT2D eigenvalue weighted by Crippen LogP contribution is 2.27. The second kappa shape index (κ2) is 6.75. The predicted molar refractivity (Wildman–Crippen MR) is 86.2 cm³/mol. The minimum Gasteiger partial charge on any atom is -0.312 e. The first kappa shape index (κ1) is 18.2. The maximum Gasteiger partial charge on any atom is 0.442 e. The molecule has 0 radical (unpaired) electrons. The second-order valence-corrected chi connectivity index (χ2v) is 6.58. The first-order valence-corrected chi connectivity index (χ1v) is 8.72. The van der Waals surface area contributed by atoms with Gasteiger partial charge in [-0.15, -0.1) is 4.74 Å². The van der Waals surface area contributed by atoms with Crippen molar-refractivity contribution < 1.29 is 17.1 Å². The van der Waals surface area contributed by atoms with Gasteiger partial charge in [0, 0.05) is 13.0 Å². The van der Waals surface area contributed by atoms with Crippen LogP contribution in [0.3, 0.4) is 0 Å². The lowest BCUT2D eigenvalue weighted by molar-refractivity contribution is 0.193. The van der Waals surface area contributed by atoms with Crippen LogP contribution < -0.4 is 16.6 Å². The van der Waals surface area contributed by atoms with Crippen LogP contribution in [0.2, 0.25) is 0 Å². The average Bonchev–Trinajstić information content (AvgIpc) is 2.74. The van der Waals surface area contributed by atoms with Gasteiger partial charge in [-0.1, -0.05) is 19.1 Å². The van der Waals surface area contributed by atoms with Crippen molar-refractivity contribution in [2.75, 3.05) is 0 Å². The molecule has 9 nitrogen and oxygen atoms in total. The molecule has 0 fully saturated rings. The van der Waals surface area contributed by atoms with Crippen LogP contribution in [0.4, 0.5) is 0 Å². The SMILES string of the molecule is CCC(c1cccc(-n2oc(=O)n(C)c2=O)c1)C(C)OS(N)(=O)=O. The molecule has 2 rings (SSSR count). The first-order chi connectivity index (χ1) is 11.1. The second-order valence-electron chi connectivity index (χ2n) is 5.40. The first-order valence-electron chi connectivity index (χ1n) is 7.24. The van der Waals surface area contributed by atoms with E-state index in [1.54, 1.807) is 31.2 Å². The Kier molecular flexibility index (Phi) is 5.11. The molecular weight excluding hydrogens is 338 g/mol. The number of rotatable bonds is 6. The van der Waals surface area contributed by atoms with Gasteiger partial charge < -0.3 is 4.52 Å². The van der Waals surface area contributed by atoms with Gasteiger partial charge in [-0.05, 0) is 31.0 Å². The maximum absolute atomic E-state index is 12.0. The summed E-state index contributed by atoms with van der Waals surface area (Å²) in [6.45, 7) is 3.47. The Labute approximate surface area is 138 Å². The van der Waals surface area contributed by atoms with Crippen LogP contribution in [-0.4, -0.2) is 23.8 Å². The molecule has 0 bridgehead atoms. The van der Waals surface area contributed by atoms with Crippen molar-refractivity contribution in [3.8, 4) is 5.69 Å². The van der Waals surface area contributed by atoms with Gasteiger partial charge >= 0.3 is 21.7 Å². The molecule has 1 heterocycles. The van der Waals surface area contributed by atoms with E-state index in [4.69, 9.17) is 13.8 Å². The maximum atomic E-state index is 12.0. The van der Waals surface area contributed by atoms with Crippen molar-refractivity contribution in [1.29, 1.82) is 0 Å². The summed E-state index contributed by atoms with van der Waals surface area (Å²) in [7, 11) is -2.77. The van der Waals surface area contributed by atoms with Gasteiger partial charge in [0.05, 0.1) is 11.8 Å². The minimum atomic E-state index is -4.08. The van der Waals surface area contributed by atoms with Crippen LogP contribution >= 0.6 is 0 Å². The number of nitrogens with two attached hydrogens (primary N) is 1. The van der Waals surface area contributed by atoms with Gasteiger partial charge in [0.1, 0.15) is 0 Å². The zero-order chi connectivity index (χ0) is 18.1. The van der Waals surface area contributed by atoms with Crippen molar-refractivity contribution in [2.24, 2.45) is 12.2 Å². The van der Waals surface area contributed by atoms with Crippen LogP contribution in [0, 0.1) is 0 Å². The quantitative estimate of drug-likeness (QED) is 0.788. The summed E-state index contributed by atoms with van der Waals surface area (Å²) in [6, 6.07) is 6.69. The number of hydrogen-bond donors (Lipinski definition) is 1. The molecule has 1 aromatic carbocycles. The van der Waals surface area contributed by atoms with Gasteiger partial charge in [-0.2, -0.15) is 8.42 Å². The van der Waals surface area contributed by atoms with Crippen molar-refractivity contribution >= 4 is 10.3 Å². The fraction of sp³-hybridized carbons (Fsp3) is 0.429. The van der Waals surface area contributed by atoms with E-state index in [0.29, 0.717) is 12.1 Å². The molecule has 10 heteroatoms. The number of aromatic nitrogens is 2. The minimum absolute atomic E-state index is 0.283. The Bertz CT molecular complexity index is 940. The smallest absolute Gasteiger partial charge is 0.312 e. The van der Waals surface area contributed by atoms with Gasteiger partial charge in [-0.25, -0.2) is 19.3 Å². The largest absolute Gasteiger partial charge is 0.442 e. The van der Waals surface area contributed by atoms with Gasteiger partial charge in [-0.3, -0.25) is 4.18 Å². The number of hydrogen-bond acceptors (Lipinski definition) is 6. The highest BCUT2D eigenvalue weighted by Gasteiger charge is 2.23. The zero-order valence-electron chi connectivity index (χ0n) is 13.5. The van der Waals surface area contributed by atoms with Gasteiger partial charge in [0.2, 0.25) is 0 Å². The molecule has 0 amide bonds. The van der Waals surface area contributed by atoms with E-state index in [1.165, 1.54) is 7.05 Å². The van der Waals surface area contributed by atoms with E-state index >= 15 is 0 Å². The Hall–Kier alpha value is -2.17. The summed E-state index contributed by atoms with van der Waals surface area (Å²) >= 11 is 0. The van der Waals surface area contributed by atoms with Crippen LogP contribution in [0.5, 0.6) is 0 Å². The Morgan fingerprint density at radius 1 is 1.33 bits per heavy atom. The Balaban J connectivity index is 2.43. The highest BCUT2D eigenvalue weighted by molar-refractivity contribution is 7.84. The highest BCUT2D eigenvalue weighted by atomic mass is 32.2. The number of nitrogens with zero attached hydrogens (tertiary/aromatic N) is 2. The van der Waals surface area contributed by atoms with Crippen molar-refractivity contribution in [2.45, 2.75) is 32.3 Å². The third-order valence-corrected chi connectivity index (χ3v) is 4.30. The molecule has 0 saturated carbocycles. The predicted octanol–water partition coefficient (Wildman–Crippen LogP) is 0.231. The van der Waals surface area contributed by atoms with Crippen molar-refractivity contribution in [1.82, 2.24) is 9.31 Å². The molecule has 24 heavy (non-hydrogen) atoms. The van der Waals surface area contributed by atoms with E-state index in [2.05, 4.69) is 0 Å². The monoisotopic (exact) mass is 357 g/mol. The molecule has 0 aliphatic rings. The summed E-state index contributed by atoms with van der Waals surface area (Å²) < 4.78 is 33.7. The molecule has 2 unspecified atom stereocenters. The normalized spacial score (nSPS) is 14.5. The van der Waals surface area contributed by atoms with Crippen LogP contribution in [0.1, 0.15) is 31.7 Å². The lowest BCUT2D eigenvalue weighted by Crippen LogP contribution is -2.27. The molecule has 2 N–H and O–H groups in total. The lowest BCUT2D eigenvalue weighted by Gasteiger charge is -2.22. The third-order valence-electron chi connectivity index (χ3n) is 3.73. The van der Waals surface area contributed by atoms with E-state index < -0.39 is 27.9 Å². The molecule has 0 spiro atoms. The molecule has 132 valence electrons. The van der Waals surface area contributed by atoms with Crippen LogP contribution in [0.15, 0.2) is 38.4 Å². The zero-order valence-corrected chi connectivity index (χ0v) is 14.3. The summed E-state index contributed by atoms with van der Waals surface area (Å²) in [5.74, 6) is -1.06. The molecule has 1 aromatic heterocycles. The van der Waals surface area contributed by atoms with Crippen molar-refractivity contribution in [3.63, 3.8) is 0 Å². The summed E-state index contributed by atoms with van der Waals surface area (Å²) in [5, 5.41) is 4.92. The van der Waals surface area contributed by atoms with E-state index in [9.17, 15) is 18.0 Å². The topological polar surface area (TPSA) is 127 Å². The fourth-order valence-electron chi connectivity index (χ4n) is 2.55. The van der Waals surface area contributed by atoms with Crippen LogP contribution in [0.25, 0.3) is 5.69 Å². The summed E-state index contributed by atoms with van der Waals surface area (Å²) in [4.78, 5) is 23.4. The van der Waals surface area contributed by atoms with E-state index in [1.807, 2.05) is 6.92 Å². The lowest BCUT2D eigenvalue weighted by atomic mass is 9.91. The number of benzene rings is 1. The fourth-order valence-corrected chi connectivity index (χ4v) is 3.11. The van der Waals surface area contributed by atoms with Gasteiger partial charge in [0.15, 0.2) is 0 Å². The van der Waals surface area contributed by atoms with Crippen LogP contribution in [-0.2, 0) is 21.5 Å². The molecular formula is C14H19N3O6S. The third kappa shape index (κ3) is 3.83.